The highest BCUT2D eigenvalue weighted by Crippen LogP contribution is 2.39. The predicted octanol–water partition coefficient (Wildman–Crippen LogP) is 7.64. The summed E-state index contributed by atoms with van der Waals surface area (Å²) in [5, 5.41) is -0.142. The van der Waals surface area contributed by atoms with E-state index in [0.717, 1.165) is 30.0 Å². The smallest absolute Gasteiger partial charge is 0.387 e. The Morgan fingerprint density at radius 2 is 1.55 bits per heavy atom. The van der Waals surface area contributed by atoms with Crippen molar-refractivity contribution in [1.29, 1.82) is 0 Å². The summed E-state index contributed by atoms with van der Waals surface area (Å²) in [6, 6.07) is 8.28. The Labute approximate surface area is 333 Å². The molecule has 12 nitrogen and oxygen atoms in total. The van der Waals surface area contributed by atoms with Crippen LogP contribution in [0.2, 0.25) is 10.0 Å². The molecule has 18 heteroatoms. The molecular weight excluding hydrogens is 805 g/mol. The second-order valence-electron chi connectivity index (χ2n) is 14.0. The Morgan fingerprint density at radius 1 is 0.909 bits per heavy atom. The molecule has 2 fully saturated rings. The summed E-state index contributed by atoms with van der Waals surface area (Å²) in [7, 11) is -3.31. The number of halogens is 4. The van der Waals surface area contributed by atoms with Gasteiger partial charge in [0.1, 0.15) is 24.0 Å². The zero-order valence-electron chi connectivity index (χ0n) is 30.1. The van der Waals surface area contributed by atoms with Gasteiger partial charge < -0.3 is 23.7 Å². The van der Waals surface area contributed by atoms with Crippen molar-refractivity contribution in [3.63, 3.8) is 0 Å². The third-order valence-corrected chi connectivity index (χ3v) is 10.5. The molecular formula is C37H40Cl2F2N2O10S2. The Kier molecular flexibility index (Phi) is 14.5. The third kappa shape index (κ3) is 13.1. The lowest BCUT2D eigenvalue weighted by Gasteiger charge is -2.24. The van der Waals surface area contributed by atoms with Crippen LogP contribution in [-0.2, 0) is 36.4 Å². The van der Waals surface area contributed by atoms with Crippen molar-refractivity contribution in [2.75, 3.05) is 29.8 Å². The molecule has 1 aromatic heterocycles. The molecule has 0 spiro atoms. The monoisotopic (exact) mass is 844 g/mol. The average molecular weight is 846 g/mol. The number of hydrogen-bond donors (Lipinski definition) is 1. The van der Waals surface area contributed by atoms with Crippen molar-refractivity contribution in [1.82, 2.24) is 4.98 Å². The minimum Gasteiger partial charge on any atom is -0.491 e. The summed E-state index contributed by atoms with van der Waals surface area (Å²) in [4.78, 5) is 43.3. The molecule has 0 bridgehead atoms. The van der Waals surface area contributed by atoms with Crippen LogP contribution in [0.4, 0.5) is 14.5 Å². The van der Waals surface area contributed by atoms with Crippen LogP contribution < -0.4 is 18.5 Å². The molecule has 1 heterocycles. The van der Waals surface area contributed by atoms with Crippen LogP contribution in [0.3, 0.4) is 0 Å². The molecule has 2 saturated carbocycles. The summed E-state index contributed by atoms with van der Waals surface area (Å²) in [5.41, 5.74) is 0.0727. The topological polar surface area (TPSA) is 148 Å². The number of hydrogen-bond acceptors (Lipinski definition) is 12. The van der Waals surface area contributed by atoms with E-state index in [9.17, 15) is 31.6 Å². The Hall–Kier alpha value is -3.86. The van der Waals surface area contributed by atoms with E-state index >= 15 is 0 Å². The van der Waals surface area contributed by atoms with Gasteiger partial charge in [0.25, 0.3) is 0 Å². The minimum absolute atomic E-state index is 0.0351. The SMILES string of the molecule is CC(C)(C)OC(=O)CN(c1ccc(C(=O)SCC(=O)OC(Cc2c(Cl)cncc2Cl)c2ccc(OC(F)F)c(OCC3CC3)c2)cc1OCC1CC1)[SH](=O)=O. The van der Waals surface area contributed by atoms with Crippen LogP contribution in [0.25, 0.3) is 0 Å². The Bertz CT molecular complexity index is 1930. The van der Waals surface area contributed by atoms with Crippen LogP contribution in [0, 0.1) is 11.8 Å². The van der Waals surface area contributed by atoms with Gasteiger partial charge in [0.05, 0.1) is 34.7 Å². The Balaban J connectivity index is 1.33. The number of carbonyl (C=O) groups excluding carboxylic acids is 3. The summed E-state index contributed by atoms with van der Waals surface area (Å²) < 4.78 is 79.4. The molecule has 1 atom stereocenters. The second kappa shape index (κ2) is 18.9. The zero-order valence-corrected chi connectivity index (χ0v) is 33.4. The number of nitrogens with zero attached hydrogens (tertiary/aromatic N) is 2. The lowest BCUT2D eigenvalue weighted by molar-refractivity contribution is -0.152. The number of esters is 2. The van der Waals surface area contributed by atoms with E-state index in [0.29, 0.717) is 35.4 Å². The fraction of sp³-hybridized carbons (Fsp3) is 0.459. The number of pyridine rings is 1. The van der Waals surface area contributed by atoms with Gasteiger partial charge in [0, 0.05) is 24.4 Å². The van der Waals surface area contributed by atoms with Crippen LogP contribution >= 0.6 is 35.0 Å². The summed E-state index contributed by atoms with van der Waals surface area (Å²) >= 11 is 13.4. The van der Waals surface area contributed by atoms with E-state index in [1.54, 1.807) is 20.8 Å². The lowest BCUT2D eigenvalue weighted by atomic mass is 10.0. The number of thioether (sulfide) groups is 1. The zero-order chi connectivity index (χ0) is 39.9. The number of aromatic nitrogens is 1. The van der Waals surface area contributed by atoms with Crippen molar-refractivity contribution in [2.24, 2.45) is 11.8 Å². The van der Waals surface area contributed by atoms with Gasteiger partial charge in [-0.15, -0.1) is 0 Å². The van der Waals surface area contributed by atoms with Crippen LogP contribution in [0.1, 0.15) is 74.0 Å². The number of anilines is 1. The molecule has 5 rings (SSSR count). The normalized spacial score (nSPS) is 14.7. The van der Waals surface area contributed by atoms with Gasteiger partial charge in [0.15, 0.2) is 11.5 Å². The fourth-order valence-electron chi connectivity index (χ4n) is 5.16. The van der Waals surface area contributed by atoms with E-state index < -0.39 is 58.6 Å². The first-order chi connectivity index (χ1) is 26.1. The van der Waals surface area contributed by atoms with Crippen molar-refractivity contribution in [3.05, 3.63) is 75.5 Å². The van der Waals surface area contributed by atoms with Gasteiger partial charge in [-0.25, -0.2) is 8.42 Å². The van der Waals surface area contributed by atoms with Gasteiger partial charge >= 0.3 is 18.6 Å². The van der Waals surface area contributed by atoms with E-state index in [1.165, 1.54) is 48.8 Å². The molecule has 55 heavy (non-hydrogen) atoms. The number of ether oxygens (including phenoxy) is 5. The van der Waals surface area contributed by atoms with Crippen molar-refractivity contribution >= 4 is 68.6 Å². The quantitative estimate of drug-likeness (QED) is 0.0934. The summed E-state index contributed by atoms with van der Waals surface area (Å²) in [5.74, 6) is -1.54. The second-order valence-corrected chi connectivity index (χ2v) is 16.7. The van der Waals surface area contributed by atoms with Crippen molar-refractivity contribution in [3.8, 4) is 17.2 Å². The predicted molar refractivity (Wildman–Crippen MR) is 203 cm³/mol. The van der Waals surface area contributed by atoms with Gasteiger partial charge in [-0.2, -0.15) is 8.78 Å². The van der Waals surface area contributed by atoms with Gasteiger partial charge in [-0.3, -0.25) is 23.7 Å². The van der Waals surface area contributed by atoms with Crippen molar-refractivity contribution < 1.29 is 55.3 Å². The lowest BCUT2D eigenvalue weighted by Crippen LogP contribution is -2.34. The standard InChI is InChI=1S/C37H40Cl2F2N2O10S2/c1-37(2,3)53-33(44)17-43(55(47)48)28-10-8-24(13-31(28)49-18-21-4-5-21)35(46)54-20-34(45)51-30(14-25-26(38)15-42-16-27(25)39)23-9-11-29(52-36(40)41)32(12-23)50-19-22-6-7-22/h8-13,15-16,21-22,30,36,55H,4-7,14,17-20H2,1-3H3. The first kappa shape index (κ1) is 42.3. The summed E-state index contributed by atoms with van der Waals surface area (Å²) in [6.45, 7) is 1.82. The molecule has 2 aromatic carbocycles. The molecule has 0 amide bonds. The number of thiol groups is 1. The maximum atomic E-state index is 13.4. The molecule has 298 valence electrons. The minimum atomic E-state index is -3.31. The first-order valence-electron chi connectivity index (χ1n) is 17.3. The molecule has 0 radical (unpaired) electrons. The molecule has 0 aliphatic heterocycles. The van der Waals surface area contributed by atoms with Gasteiger partial charge in [-0.05, 0) is 99.7 Å². The fourth-order valence-corrected chi connectivity index (χ4v) is 6.86. The van der Waals surface area contributed by atoms with E-state index in [1.807, 2.05) is 0 Å². The number of carbonyl (C=O) groups is 3. The number of rotatable bonds is 19. The van der Waals surface area contributed by atoms with Crippen molar-refractivity contribution in [2.45, 2.75) is 71.2 Å². The van der Waals surface area contributed by atoms with E-state index in [2.05, 4.69) is 9.72 Å². The maximum Gasteiger partial charge on any atom is 0.387 e. The molecule has 2 aliphatic rings. The molecule has 0 N–H and O–H groups in total. The number of benzene rings is 2. The number of alkyl halides is 2. The molecule has 3 aromatic rings. The van der Waals surface area contributed by atoms with E-state index in [-0.39, 0.29) is 57.5 Å². The highest BCUT2D eigenvalue weighted by Gasteiger charge is 2.29. The average Bonchev–Trinajstić information content (AvgIpc) is 4.05. The van der Waals surface area contributed by atoms with Crippen LogP contribution in [0.5, 0.6) is 17.2 Å². The summed E-state index contributed by atoms with van der Waals surface area (Å²) in [6.07, 6.45) is 5.43. The Morgan fingerprint density at radius 3 is 2.13 bits per heavy atom. The van der Waals surface area contributed by atoms with E-state index in [4.69, 9.17) is 42.1 Å². The maximum absolute atomic E-state index is 13.4. The van der Waals surface area contributed by atoms with Crippen LogP contribution in [-0.4, -0.2) is 68.2 Å². The first-order valence-corrected chi connectivity index (χ1v) is 20.2. The molecule has 1 unspecified atom stereocenters. The highest BCUT2D eigenvalue weighted by molar-refractivity contribution is 8.14. The largest absolute Gasteiger partial charge is 0.491 e. The third-order valence-electron chi connectivity index (χ3n) is 8.20. The highest BCUT2D eigenvalue weighted by atomic mass is 35.5. The van der Waals surface area contributed by atoms with Gasteiger partial charge in [0.2, 0.25) is 16.0 Å². The molecule has 2 aliphatic carbocycles. The van der Waals surface area contributed by atoms with Crippen LogP contribution in [0.15, 0.2) is 48.8 Å². The molecule has 0 saturated heterocycles. The van der Waals surface area contributed by atoms with Gasteiger partial charge in [-0.1, -0.05) is 41.0 Å².